The Kier molecular flexibility index (Phi) is 7.32. The van der Waals surface area contributed by atoms with Crippen molar-refractivity contribution in [3.63, 3.8) is 0 Å². The Balaban J connectivity index is 1.34. The minimum absolute atomic E-state index is 0.00997. The number of ether oxygens (including phenoxy) is 1. The molecule has 0 radical (unpaired) electrons. The zero-order chi connectivity index (χ0) is 21.8. The molecule has 7 nitrogen and oxygen atoms in total. The molecule has 10 heteroatoms. The zero-order valence-corrected chi connectivity index (χ0v) is 19.2. The number of amides is 2. The fraction of sp³-hybridized carbons (Fsp3) is 0.476. The van der Waals surface area contributed by atoms with Crippen LogP contribution in [0.2, 0.25) is 10.0 Å². The molecule has 0 saturated carbocycles. The number of piperidine rings is 1. The van der Waals surface area contributed by atoms with Gasteiger partial charge in [0, 0.05) is 31.6 Å². The van der Waals surface area contributed by atoms with E-state index in [2.05, 4.69) is 15.6 Å². The molecule has 2 aromatic rings. The Morgan fingerprint density at radius 3 is 2.94 bits per heavy atom. The molecule has 2 N–H and O–H groups in total. The molecule has 4 rings (SSSR count). The SMILES string of the molecule is O=C(NCC1CCCO1)C1CCCN(C(=O)c2csc(Nc3cccc(Cl)c3Cl)n2)C1. The fourth-order valence-corrected chi connectivity index (χ4v) is 4.89. The largest absolute Gasteiger partial charge is 0.376 e. The van der Waals surface area contributed by atoms with Crippen LogP contribution >= 0.6 is 34.5 Å². The van der Waals surface area contributed by atoms with Gasteiger partial charge >= 0.3 is 0 Å². The van der Waals surface area contributed by atoms with E-state index in [1.807, 2.05) is 0 Å². The second-order valence-electron chi connectivity index (χ2n) is 7.73. The maximum Gasteiger partial charge on any atom is 0.273 e. The van der Waals surface area contributed by atoms with E-state index in [0.29, 0.717) is 46.2 Å². The van der Waals surface area contributed by atoms with E-state index in [0.717, 1.165) is 32.3 Å². The van der Waals surface area contributed by atoms with Gasteiger partial charge in [-0.25, -0.2) is 4.98 Å². The van der Waals surface area contributed by atoms with E-state index in [1.54, 1.807) is 28.5 Å². The number of hydrogen-bond donors (Lipinski definition) is 2. The maximum absolute atomic E-state index is 13.0. The number of anilines is 2. The highest BCUT2D eigenvalue weighted by Crippen LogP contribution is 2.32. The van der Waals surface area contributed by atoms with E-state index in [9.17, 15) is 9.59 Å². The van der Waals surface area contributed by atoms with Crippen molar-refractivity contribution in [2.45, 2.75) is 31.8 Å². The first-order valence-electron chi connectivity index (χ1n) is 10.4. The van der Waals surface area contributed by atoms with Crippen LogP contribution in [0.5, 0.6) is 0 Å². The molecule has 2 atom stereocenters. The van der Waals surface area contributed by atoms with E-state index < -0.39 is 0 Å². The molecule has 2 amide bonds. The monoisotopic (exact) mass is 482 g/mol. The van der Waals surface area contributed by atoms with Gasteiger partial charge in [-0.05, 0) is 37.8 Å². The highest BCUT2D eigenvalue weighted by Gasteiger charge is 2.30. The summed E-state index contributed by atoms with van der Waals surface area (Å²) >= 11 is 13.6. The summed E-state index contributed by atoms with van der Waals surface area (Å²) in [6.07, 6.45) is 3.70. The van der Waals surface area contributed by atoms with Crippen molar-refractivity contribution >= 4 is 57.2 Å². The molecule has 0 bridgehead atoms. The lowest BCUT2D eigenvalue weighted by molar-refractivity contribution is -0.126. The van der Waals surface area contributed by atoms with Crippen LogP contribution in [0.3, 0.4) is 0 Å². The molecule has 1 aromatic carbocycles. The average Bonchev–Trinajstić information content (AvgIpc) is 3.47. The van der Waals surface area contributed by atoms with Crippen LogP contribution in [0, 0.1) is 5.92 Å². The lowest BCUT2D eigenvalue weighted by atomic mass is 9.97. The number of hydrogen-bond acceptors (Lipinski definition) is 6. The van der Waals surface area contributed by atoms with Crippen LogP contribution in [0.4, 0.5) is 10.8 Å². The van der Waals surface area contributed by atoms with Crippen LogP contribution in [-0.4, -0.2) is 54.0 Å². The summed E-state index contributed by atoms with van der Waals surface area (Å²) in [4.78, 5) is 31.7. The van der Waals surface area contributed by atoms with E-state index in [-0.39, 0.29) is 23.8 Å². The number of nitrogens with one attached hydrogen (secondary N) is 2. The minimum Gasteiger partial charge on any atom is -0.376 e. The molecule has 3 heterocycles. The Morgan fingerprint density at radius 1 is 1.26 bits per heavy atom. The second kappa shape index (κ2) is 10.2. The van der Waals surface area contributed by atoms with Gasteiger partial charge in [0.25, 0.3) is 5.91 Å². The predicted octanol–water partition coefficient (Wildman–Crippen LogP) is 4.34. The number of rotatable bonds is 6. The van der Waals surface area contributed by atoms with E-state index >= 15 is 0 Å². The van der Waals surface area contributed by atoms with Crippen LogP contribution in [-0.2, 0) is 9.53 Å². The number of likely N-dealkylation sites (tertiary alicyclic amines) is 1. The molecule has 166 valence electrons. The first-order valence-corrected chi connectivity index (χ1v) is 12.0. The third-order valence-corrected chi connectivity index (χ3v) is 7.10. The van der Waals surface area contributed by atoms with Gasteiger partial charge < -0.3 is 20.3 Å². The van der Waals surface area contributed by atoms with Crippen LogP contribution in [0.15, 0.2) is 23.6 Å². The number of aromatic nitrogens is 1. The molecule has 2 unspecified atom stereocenters. The summed E-state index contributed by atoms with van der Waals surface area (Å²) in [7, 11) is 0. The summed E-state index contributed by atoms with van der Waals surface area (Å²) in [6.45, 7) is 2.32. The number of thiazole rings is 1. The van der Waals surface area contributed by atoms with Crippen molar-refractivity contribution < 1.29 is 14.3 Å². The van der Waals surface area contributed by atoms with Gasteiger partial charge in [0.05, 0.1) is 27.8 Å². The van der Waals surface area contributed by atoms with Crippen molar-refractivity contribution in [3.8, 4) is 0 Å². The normalized spacial score (nSPS) is 21.2. The molecule has 2 saturated heterocycles. The Hall–Kier alpha value is -1.87. The topological polar surface area (TPSA) is 83.6 Å². The van der Waals surface area contributed by atoms with Crippen LogP contribution in [0.1, 0.15) is 36.2 Å². The highest BCUT2D eigenvalue weighted by atomic mass is 35.5. The van der Waals surface area contributed by atoms with Gasteiger partial charge in [0.1, 0.15) is 5.69 Å². The van der Waals surface area contributed by atoms with Gasteiger partial charge in [-0.15, -0.1) is 11.3 Å². The number of carbonyl (C=O) groups is 2. The molecule has 2 fully saturated rings. The Morgan fingerprint density at radius 2 is 2.13 bits per heavy atom. The first-order chi connectivity index (χ1) is 15.0. The smallest absolute Gasteiger partial charge is 0.273 e. The molecule has 0 spiro atoms. The molecule has 31 heavy (non-hydrogen) atoms. The second-order valence-corrected chi connectivity index (χ2v) is 9.38. The van der Waals surface area contributed by atoms with Gasteiger partial charge in [-0.1, -0.05) is 29.3 Å². The molecular weight excluding hydrogens is 459 g/mol. The molecular formula is C21H24Cl2N4O3S. The summed E-state index contributed by atoms with van der Waals surface area (Å²) < 4.78 is 5.56. The van der Waals surface area contributed by atoms with Crippen LogP contribution < -0.4 is 10.6 Å². The van der Waals surface area contributed by atoms with Crippen molar-refractivity contribution in [3.05, 3.63) is 39.3 Å². The lowest BCUT2D eigenvalue weighted by Gasteiger charge is -2.31. The molecule has 0 aliphatic carbocycles. The number of benzene rings is 1. The average molecular weight is 483 g/mol. The van der Waals surface area contributed by atoms with Crippen LogP contribution in [0.25, 0.3) is 0 Å². The molecule has 1 aromatic heterocycles. The van der Waals surface area contributed by atoms with Crippen molar-refractivity contribution in [1.82, 2.24) is 15.2 Å². The van der Waals surface area contributed by atoms with Gasteiger partial charge in [0.15, 0.2) is 5.13 Å². The van der Waals surface area contributed by atoms with E-state index in [1.165, 1.54) is 11.3 Å². The lowest BCUT2D eigenvalue weighted by Crippen LogP contribution is -2.46. The number of halogens is 2. The molecule has 2 aliphatic heterocycles. The van der Waals surface area contributed by atoms with E-state index in [4.69, 9.17) is 27.9 Å². The van der Waals surface area contributed by atoms with Crippen molar-refractivity contribution in [2.24, 2.45) is 5.92 Å². The third kappa shape index (κ3) is 5.49. The van der Waals surface area contributed by atoms with Gasteiger partial charge in [-0.2, -0.15) is 0 Å². The summed E-state index contributed by atoms with van der Waals surface area (Å²) in [5.41, 5.74) is 0.981. The number of nitrogens with zero attached hydrogens (tertiary/aromatic N) is 2. The summed E-state index contributed by atoms with van der Waals surface area (Å²) in [5, 5.41) is 9.20. The minimum atomic E-state index is -0.208. The number of carbonyl (C=O) groups excluding carboxylic acids is 2. The van der Waals surface area contributed by atoms with Gasteiger partial charge in [0.2, 0.25) is 5.91 Å². The van der Waals surface area contributed by atoms with Crippen molar-refractivity contribution in [1.29, 1.82) is 0 Å². The standard InChI is InChI=1S/C21H24Cl2N4O3S/c22-15-6-1-7-16(18(15)23)25-21-26-17(12-31-21)20(29)27-8-2-4-13(11-27)19(28)24-10-14-5-3-9-30-14/h1,6-7,12-14H,2-5,8-11H2,(H,24,28)(H,25,26). The van der Waals surface area contributed by atoms with Crippen molar-refractivity contribution in [2.75, 3.05) is 31.6 Å². The zero-order valence-electron chi connectivity index (χ0n) is 16.9. The van der Waals surface area contributed by atoms with Gasteiger partial charge in [-0.3, -0.25) is 9.59 Å². The first kappa shape index (κ1) is 22.3. The molecule has 2 aliphatic rings. The summed E-state index contributed by atoms with van der Waals surface area (Å²) in [6, 6.07) is 5.28. The fourth-order valence-electron chi connectivity index (χ4n) is 3.85. The highest BCUT2D eigenvalue weighted by molar-refractivity contribution is 7.14. The Bertz CT molecular complexity index is 948. The third-order valence-electron chi connectivity index (χ3n) is 5.52. The summed E-state index contributed by atoms with van der Waals surface area (Å²) in [5.74, 6) is -0.386. The predicted molar refractivity (Wildman–Crippen MR) is 122 cm³/mol. The Labute approximate surface area is 195 Å². The maximum atomic E-state index is 13.0. The quantitative estimate of drug-likeness (QED) is 0.639.